The van der Waals surface area contributed by atoms with Gasteiger partial charge in [0, 0.05) is 26.2 Å². The van der Waals surface area contributed by atoms with E-state index in [1.807, 2.05) is 55.4 Å². The zero-order chi connectivity index (χ0) is 39.1. The third-order valence-corrected chi connectivity index (χ3v) is 9.39. The quantitative estimate of drug-likeness (QED) is 0.182. The highest BCUT2D eigenvalue weighted by atomic mass is 16.2. The summed E-state index contributed by atoms with van der Waals surface area (Å²) in [5.74, 6) is -4.02. The fraction of sp³-hybridized carbons (Fsp3) is 0.658. The van der Waals surface area contributed by atoms with Crippen LogP contribution in [0.5, 0.6) is 0 Å². The van der Waals surface area contributed by atoms with E-state index in [9.17, 15) is 33.6 Å². The zero-order valence-corrected chi connectivity index (χ0v) is 32.4. The van der Waals surface area contributed by atoms with Crippen LogP contribution in [-0.4, -0.2) is 102 Å². The highest BCUT2D eigenvalue weighted by molar-refractivity contribution is 6.38. The standard InChI is InChI=1S/C38H59N7O7/c1-22(2)25-18-19-45(35(51)31(37(3,4)5)42-36(52)43-38(6,7)8)29(25)32(48)40-26(20-23-16-17-23)30(47)33(49)39-21-27(46)41-28(34(50)44(9)10)24-14-12-11-13-15-24/h11-15,22-23,25-26,28-29,31H,16-21H2,1-10H3,(H,39,49)(H,40,48)(H,41,46)(H2,42,43,52)/t25-,26?,28+,29?,31?/m1/s1. The van der Waals surface area contributed by atoms with Crippen molar-refractivity contribution in [2.75, 3.05) is 27.2 Å². The Morgan fingerprint density at radius 2 is 1.48 bits per heavy atom. The molecular formula is C38H59N7O7. The van der Waals surface area contributed by atoms with E-state index in [0.29, 0.717) is 12.0 Å². The Hall–Kier alpha value is -4.49. The second kappa shape index (κ2) is 17.4. The number of hydrogen-bond donors (Lipinski definition) is 5. The van der Waals surface area contributed by atoms with Crippen molar-refractivity contribution >= 4 is 41.4 Å². The minimum atomic E-state index is -1.17. The first-order chi connectivity index (χ1) is 24.1. The number of likely N-dealkylation sites (tertiary alicyclic amines) is 1. The number of nitrogens with one attached hydrogen (secondary N) is 5. The summed E-state index contributed by atoms with van der Waals surface area (Å²) in [7, 11) is 3.13. The molecule has 0 aromatic heterocycles. The van der Waals surface area contributed by atoms with Gasteiger partial charge in [0.15, 0.2) is 0 Å². The monoisotopic (exact) mass is 725 g/mol. The van der Waals surface area contributed by atoms with Gasteiger partial charge in [0.25, 0.3) is 5.91 Å². The van der Waals surface area contributed by atoms with Gasteiger partial charge in [-0.25, -0.2) is 4.79 Å². The maximum atomic E-state index is 14.2. The first-order valence-corrected chi connectivity index (χ1v) is 18.2. The Labute approximate surface area is 307 Å². The van der Waals surface area contributed by atoms with Crippen LogP contribution in [0.15, 0.2) is 30.3 Å². The lowest BCUT2D eigenvalue weighted by atomic mass is 9.84. The van der Waals surface area contributed by atoms with Gasteiger partial charge in [-0.1, -0.05) is 77.8 Å². The Morgan fingerprint density at radius 1 is 0.865 bits per heavy atom. The number of likely N-dealkylation sites (N-methyl/N-ethyl adjacent to an activating group) is 1. The molecule has 2 fully saturated rings. The van der Waals surface area contributed by atoms with E-state index in [1.165, 1.54) is 9.80 Å². The molecule has 14 nitrogen and oxygen atoms in total. The predicted octanol–water partition coefficient (Wildman–Crippen LogP) is 2.29. The Balaban J connectivity index is 1.76. The molecule has 1 aliphatic carbocycles. The molecule has 0 radical (unpaired) electrons. The minimum absolute atomic E-state index is 0.0114. The Bertz CT molecular complexity index is 1480. The summed E-state index contributed by atoms with van der Waals surface area (Å²) in [5.41, 5.74) is -0.677. The van der Waals surface area contributed by atoms with Crippen LogP contribution in [0.25, 0.3) is 0 Å². The molecule has 1 aromatic carbocycles. The van der Waals surface area contributed by atoms with E-state index in [2.05, 4.69) is 26.6 Å². The molecule has 0 bridgehead atoms. The molecule has 5 N–H and O–H groups in total. The minimum Gasteiger partial charge on any atom is -0.347 e. The van der Waals surface area contributed by atoms with Crippen LogP contribution in [0.2, 0.25) is 0 Å². The molecule has 7 amide bonds. The highest BCUT2D eigenvalue weighted by Crippen LogP contribution is 2.35. The van der Waals surface area contributed by atoms with Crippen molar-refractivity contribution < 1.29 is 33.6 Å². The van der Waals surface area contributed by atoms with Crippen LogP contribution in [0.1, 0.15) is 92.7 Å². The summed E-state index contributed by atoms with van der Waals surface area (Å²) in [5, 5.41) is 13.4. The van der Waals surface area contributed by atoms with Crippen LogP contribution in [0.3, 0.4) is 0 Å². The molecule has 3 rings (SSSR count). The van der Waals surface area contributed by atoms with Gasteiger partial charge in [-0.3, -0.25) is 28.8 Å². The van der Waals surface area contributed by atoms with Gasteiger partial charge in [-0.2, -0.15) is 0 Å². The summed E-state index contributed by atoms with van der Waals surface area (Å²) >= 11 is 0. The molecule has 3 unspecified atom stereocenters. The van der Waals surface area contributed by atoms with Crippen molar-refractivity contribution in [2.45, 2.75) is 111 Å². The molecule has 5 atom stereocenters. The van der Waals surface area contributed by atoms with Crippen LogP contribution in [-0.2, 0) is 28.8 Å². The number of urea groups is 1. The second-order valence-electron chi connectivity index (χ2n) is 16.8. The van der Waals surface area contributed by atoms with Gasteiger partial charge in [0.1, 0.15) is 18.1 Å². The van der Waals surface area contributed by atoms with Gasteiger partial charge < -0.3 is 36.4 Å². The molecular weight excluding hydrogens is 666 g/mol. The maximum Gasteiger partial charge on any atom is 0.315 e. The first kappa shape index (κ1) is 41.9. The van der Waals surface area contributed by atoms with Crippen LogP contribution in [0.4, 0.5) is 4.79 Å². The number of amides is 7. The predicted molar refractivity (Wildman–Crippen MR) is 196 cm³/mol. The van der Waals surface area contributed by atoms with Crippen LogP contribution >= 0.6 is 0 Å². The summed E-state index contributed by atoms with van der Waals surface area (Å²) in [4.78, 5) is 96.5. The molecule has 1 saturated heterocycles. The summed E-state index contributed by atoms with van der Waals surface area (Å²) in [6.45, 7) is 14.7. The van der Waals surface area contributed by atoms with Gasteiger partial charge >= 0.3 is 6.03 Å². The van der Waals surface area contributed by atoms with Gasteiger partial charge in [-0.05, 0) is 62.3 Å². The van der Waals surface area contributed by atoms with Gasteiger partial charge in [0.2, 0.25) is 29.4 Å². The zero-order valence-electron chi connectivity index (χ0n) is 32.4. The number of Topliss-reactive ketones (excluding diaryl/α,β-unsaturated/α-hetero) is 1. The smallest absolute Gasteiger partial charge is 0.315 e. The van der Waals surface area contributed by atoms with E-state index in [4.69, 9.17) is 0 Å². The van der Waals surface area contributed by atoms with E-state index >= 15 is 0 Å². The third kappa shape index (κ3) is 11.8. The first-order valence-electron chi connectivity index (χ1n) is 18.2. The largest absolute Gasteiger partial charge is 0.347 e. The summed E-state index contributed by atoms with van der Waals surface area (Å²) < 4.78 is 0. The molecule has 0 spiro atoms. The molecule has 14 heteroatoms. The SMILES string of the molecule is CC(C)[C@H]1CCN(C(=O)C(NC(=O)NC(C)(C)C)C(C)(C)C)C1C(=O)NC(CC1CC1)C(=O)C(=O)NCC(=O)N[C@H](C(=O)N(C)C)c1ccccc1. The van der Waals surface area contributed by atoms with E-state index in [1.54, 1.807) is 44.4 Å². The van der Waals surface area contributed by atoms with Crippen molar-refractivity contribution in [1.82, 2.24) is 36.4 Å². The number of carbonyl (C=O) groups excluding carboxylic acids is 7. The number of hydrogen-bond acceptors (Lipinski definition) is 7. The Morgan fingerprint density at radius 3 is 2.00 bits per heavy atom. The van der Waals surface area contributed by atoms with Crippen LogP contribution < -0.4 is 26.6 Å². The Kier molecular flexibility index (Phi) is 14.0. The van der Waals surface area contributed by atoms with E-state index < -0.39 is 77.1 Å². The summed E-state index contributed by atoms with van der Waals surface area (Å²) in [6.07, 6.45) is 2.48. The average Bonchev–Trinajstić information content (AvgIpc) is 3.75. The molecule has 288 valence electrons. The molecule has 1 aliphatic heterocycles. The van der Waals surface area contributed by atoms with Gasteiger partial charge in [-0.15, -0.1) is 0 Å². The lowest BCUT2D eigenvalue weighted by molar-refractivity contribution is -0.145. The fourth-order valence-corrected chi connectivity index (χ4v) is 6.40. The summed E-state index contributed by atoms with van der Waals surface area (Å²) in [6, 6.07) is 4.11. The van der Waals surface area contributed by atoms with Crippen molar-refractivity contribution in [1.29, 1.82) is 0 Å². The second-order valence-corrected chi connectivity index (χ2v) is 16.8. The highest BCUT2D eigenvalue weighted by Gasteiger charge is 2.48. The van der Waals surface area contributed by atoms with Crippen molar-refractivity contribution in [3.05, 3.63) is 35.9 Å². The van der Waals surface area contributed by atoms with Crippen molar-refractivity contribution in [2.24, 2.45) is 23.2 Å². The van der Waals surface area contributed by atoms with E-state index in [-0.39, 0.29) is 36.6 Å². The molecule has 1 aromatic rings. The molecule has 1 heterocycles. The molecule has 2 aliphatic rings. The average molecular weight is 726 g/mol. The third-order valence-electron chi connectivity index (χ3n) is 9.39. The molecule has 52 heavy (non-hydrogen) atoms. The van der Waals surface area contributed by atoms with Crippen LogP contribution in [0, 0.1) is 23.2 Å². The lowest BCUT2D eigenvalue weighted by Gasteiger charge is -2.37. The lowest BCUT2D eigenvalue weighted by Crippen LogP contribution is -2.62. The topological polar surface area (TPSA) is 186 Å². The number of rotatable bonds is 14. The maximum absolute atomic E-state index is 14.2. The molecule has 1 saturated carbocycles. The van der Waals surface area contributed by atoms with Gasteiger partial charge in [0.05, 0.1) is 12.6 Å². The van der Waals surface area contributed by atoms with Crippen molar-refractivity contribution in [3.63, 3.8) is 0 Å². The number of carbonyl (C=O) groups is 7. The number of ketones is 1. The number of nitrogens with zero attached hydrogens (tertiary/aromatic N) is 2. The van der Waals surface area contributed by atoms with E-state index in [0.717, 1.165) is 12.8 Å². The normalized spacial score (nSPS) is 19.2. The van der Waals surface area contributed by atoms with Crippen molar-refractivity contribution in [3.8, 4) is 0 Å². The number of benzene rings is 1. The fourth-order valence-electron chi connectivity index (χ4n) is 6.40.